The maximum absolute atomic E-state index is 14.6. The lowest BCUT2D eigenvalue weighted by Crippen LogP contribution is -2.25. The zero-order valence-electron chi connectivity index (χ0n) is 18.3. The maximum Gasteiger partial charge on any atom is 0.129 e. The molecule has 158 valence electrons. The molecule has 0 spiro atoms. The highest BCUT2D eigenvalue weighted by molar-refractivity contribution is 5.29. The molecule has 0 aliphatic heterocycles. The van der Waals surface area contributed by atoms with Gasteiger partial charge in [0.2, 0.25) is 0 Å². The van der Waals surface area contributed by atoms with Crippen LogP contribution in [-0.2, 0) is 6.42 Å². The molecule has 1 unspecified atom stereocenters. The van der Waals surface area contributed by atoms with E-state index in [1.54, 1.807) is 12.1 Å². The fourth-order valence-electron chi connectivity index (χ4n) is 5.83. The van der Waals surface area contributed by atoms with Crippen molar-refractivity contribution in [3.05, 3.63) is 34.9 Å². The minimum absolute atomic E-state index is 0.288. The number of rotatable bonds is 7. The summed E-state index contributed by atoms with van der Waals surface area (Å²) in [6.07, 6.45) is 14.5. The van der Waals surface area contributed by atoms with Gasteiger partial charge in [0.15, 0.2) is 0 Å². The van der Waals surface area contributed by atoms with Gasteiger partial charge >= 0.3 is 0 Å². The summed E-state index contributed by atoms with van der Waals surface area (Å²) >= 11 is 0. The van der Waals surface area contributed by atoms with Gasteiger partial charge in [-0.25, -0.2) is 8.78 Å². The predicted octanol–water partition coefficient (Wildman–Crippen LogP) is 8.43. The highest BCUT2D eigenvalue weighted by Crippen LogP contribution is 2.44. The molecule has 3 rings (SSSR count). The average molecular weight is 391 g/mol. The Morgan fingerprint density at radius 2 is 1.39 bits per heavy atom. The van der Waals surface area contributed by atoms with Crippen LogP contribution in [0.4, 0.5) is 8.78 Å². The van der Waals surface area contributed by atoms with Crippen LogP contribution in [0.2, 0.25) is 0 Å². The second-order valence-corrected chi connectivity index (χ2v) is 9.86. The van der Waals surface area contributed by atoms with Crippen LogP contribution in [0.5, 0.6) is 0 Å². The molecule has 0 radical (unpaired) electrons. The van der Waals surface area contributed by atoms with Gasteiger partial charge in [0.05, 0.1) is 0 Å². The van der Waals surface area contributed by atoms with Crippen LogP contribution in [0, 0.1) is 35.3 Å². The van der Waals surface area contributed by atoms with Crippen molar-refractivity contribution in [2.45, 2.75) is 104 Å². The van der Waals surface area contributed by atoms with Crippen molar-refractivity contribution in [2.24, 2.45) is 23.7 Å². The number of benzene rings is 1. The SMILES string of the molecule is CCCC1CCC(C2CCC(c3cc(F)c(CC(C)CC)c(F)c3)CC2)CC1. The van der Waals surface area contributed by atoms with Crippen LogP contribution in [0.25, 0.3) is 0 Å². The second kappa shape index (κ2) is 10.2. The van der Waals surface area contributed by atoms with Crippen LogP contribution < -0.4 is 0 Å². The van der Waals surface area contributed by atoms with Crippen molar-refractivity contribution >= 4 is 0 Å². The molecular weight excluding hydrogens is 350 g/mol. The second-order valence-electron chi connectivity index (χ2n) is 9.86. The Balaban J connectivity index is 1.55. The molecule has 0 amide bonds. The van der Waals surface area contributed by atoms with Crippen LogP contribution in [0.3, 0.4) is 0 Å². The maximum atomic E-state index is 14.6. The lowest BCUT2D eigenvalue weighted by molar-refractivity contribution is 0.156. The summed E-state index contributed by atoms with van der Waals surface area (Å²) in [5, 5.41) is 0. The molecule has 0 bridgehead atoms. The number of hydrogen-bond acceptors (Lipinski definition) is 0. The summed E-state index contributed by atoms with van der Waals surface area (Å²) in [5.74, 6) is 2.72. The molecule has 2 saturated carbocycles. The largest absolute Gasteiger partial charge is 0.207 e. The van der Waals surface area contributed by atoms with Crippen molar-refractivity contribution in [1.82, 2.24) is 0 Å². The zero-order valence-corrected chi connectivity index (χ0v) is 18.3. The Morgan fingerprint density at radius 1 is 0.857 bits per heavy atom. The highest BCUT2D eigenvalue weighted by Gasteiger charge is 2.31. The third-order valence-corrected chi connectivity index (χ3v) is 7.91. The molecule has 0 nitrogen and oxygen atoms in total. The summed E-state index contributed by atoms with van der Waals surface area (Å²) in [7, 11) is 0. The van der Waals surface area contributed by atoms with E-state index in [0.717, 1.165) is 42.6 Å². The van der Waals surface area contributed by atoms with E-state index in [0.29, 0.717) is 18.3 Å². The van der Waals surface area contributed by atoms with E-state index in [-0.39, 0.29) is 17.2 Å². The van der Waals surface area contributed by atoms with Crippen LogP contribution >= 0.6 is 0 Å². The molecule has 0 aromatic heterocycles. The molecule has 0 heterocycles. The zero-order chi connectivity index (χ0) is 20.1. The molecule has 2 heteroatoms. The fourth-order valence-corrected chi connectivity index (χ4v) is 5.83. The lowest BCUT2D eigenvalue weighted by atomic mass is 9.68. The number of halogens is 2. The Hall–Kier alpha value is -0.920. The first-order valence-electron chi connectivity index (χ1n) is 12.0. The smallest absolute Gasteiger partial charge is 0.129 e. The quantitative estimate of drug-likeness (QED) is 0.438. The lowest BCUT2D eigenvalue weighted by Gasteiger charge is -2.38. The van der Waals surface area contributed by atoms with Crippen LogP contribution in [-0.4, -0.2) is 0 Å². The third kappa shape index (κ3) is 5.36. The van der Waals surface area contributed by atoms with E-state index >= 15 is 0 Å². The first kappa shape index (κ1) is 21.8. The minimum atomic E-state index is -0.327. The monoisotopic (exact) mass is 390 g/mol. The molecular formula is C26H40F2. The van der Waals surface area contributed by atoms with Gasteiger partial charge in [0.1, 0.15) is 11.6 Å². The van der Waals surface area contributed by atoms with Crippen LogP contribution in [0.15, 0.2) is 12.1 Å². The summed E-state index contributed by atoms with van der Waals surface area (Å²) in [6, 6.07) is 3.28. The van der Waals surface area contributed by atoms with Crippen molar-refractivity contribution in [2.75, 3.05) is 0 Å². The molecule has 2 fully saturated rings. The third-order valence-electron chi connectivity index (χ3n) is 7.91. The van der Waals surface area contributed by atoms with E-state index in [9.17, 15) is 8.78 Å². The Bertz CT molecular complexity index is 584. The normalized spacial score (nSPS) is 29.6. The molecule has 0 saturated heterocycles. The van der Waals surface area contributed by atoms with E-state index in [4.69, 9.17) is 0 Å². The fraction of sp³-hybridized carbons (Fsp3) is 0.769. The Labute approximate surface area is 171 Å². The van der Waals surface area contributed by atoms with Gasteiger partial charge in [-0.1, -0.05) is 52.9 Å². The van der Waals surface area contributed by atoms with Gasteiger partial charge in [-0.15, -0.1) is 0 Å². The first-order valence-corrected chi connectivity index (χ1v) is 12.0. The van der Waals surface area contributed by atoms with E-state index in [1.165, 1.54) is 51.4 Å². The van der Waals surface area contributed by atoms with Crippen molar-refractivity contribution in [1.29, 1.82) is 0 Å². The summed E-state index contributed by atoms with van der Waals surface area (Å²) in [6.45, 7) is 6.43. The van der Waals surface area contributed by atoms with Gasteiger partial charge in [0, 0.05) is 5.56 Å². The molecule has 2 aliphatic rings. The van der Waals surface area contributed by atoms with Gasteiger partial charge in [-0.2, -0.15) is 0 Å². The first-order chi connectivity index (χ1) is 13.5. The van der Waals surface area contributed by atoms with Crippen molar-refractivity contribution in [3.8, 4) is 0 Å². The topological polar surface area (TPSA) is 0 Å². The van der Waals surface area contributed by atoms with Crippen molar-refractivity contribution < 1.29 is 8.78 Å². The van der Waals surface area contributed by atoms with Gasteiger partial charge in [0.25, 0.3) is 0 Å². The van der Waals surface area contributed by atoms with Crippen LogP contribution in [0.1, 0.15) is 108 Å². The molecule has 1 aromatic rings. The Morgan fingerprint density at radius 3 is 1.89 bits per heavy atom. The molecule has 1 atom stereocenters. The Kier molecular flexibility index (Phi) is 7.94. The van der Waals surface area contributed by atoms with E-state index < -0.39 is 0 Å². The minimum Gasteiger partial charge on any atom is -0.207 e. The van der Waals surface area contributed by atoms with E-state index in [1.807, 2.05) is 0 Å². The molecule has 2 aliphatic carbocycles. The van der Waals surface area contributed by atoms with Crippen molar-refractivity contribution in [3.63, 3.8) is 0 Å². The highest BCUT2D eigenvalue weighted by atomic mass is 19.1. The van der Waals surface area contributed by atoms with Gasteiger partial charge < -0.3 is 0 Å². The van der Waals surface area contributed by atoms with E-state index in [2.05, 4.69) is 20.8 Å². The predicted molar refractivity (Wildman–Crippen MR) is 115 cm³/mol. The standard InChI is InChI=1S/C26H40F2/c1-4-6-19-7-9-20(10-8-19)21-11-13-22(14-12-21)23-16-25(27)24(26(28)17-23)15-18(3)5-2/h16-22H,4-15H2,1-3H3. The summed E-state index contributed by atoms with van der Waals surface area (Å²) in [4.78, 5) is 0. The molecule has 0 N–H and O–H groups in total. The summed E-state index contributed by atoms with van der Waals surface area (Å²) < 4.78 is 29.2. The molecule has 1 aromatic carbocycles. The number of hydrogen-bond donors (Lipinski definition) is 0. The van der Waals surface area contributed by atoms with Gasteiger partial charge in [-0.05, 0) is 92.2 Å². The van der Waals surface area contributed by atoms with Gasteiger partial charge in [-0.3, -0.25) is 0 Å². The molecule has 28 heavy (non-hydrogen) atoms. The average Bonchev–Trinajstić information content (AvgIpc) is 2.71. The summed E-state index contributed by atoms with van der Waals surface area (Å²) in [5.41, 5.74) is 1.18.